The lowest BCUT2D eigenvalue weighted by atomic mass is 10.2. The molecule has 4 nitrogen and oxygen atoms in total. The second kappa shape index (κ2) is 8.29. The summed E-state index contributed by atoms with van der Waals surface area (Å²) >= 11 is 0. The topological polar surface area (TPSA) is 45.2 Å². The van der Waals surface area contributed by atoms with Crippen molar-refractivity contribution in [2.75, 3.05) is 23.3 Å². The van der Waals surface area contributed by atoms with E-state index in [1.807, 2.05) is 48.7 Å². The summed E-state index contributed by atoms with van der Waals surface area (Å²) in [6.07, 6.45) is 10.3. The molecule has 0 atom stereocenters. The predicted molar refractivity (Wildman–Crippen MR) is 99.0 cm³/mol. The van der Waals surface area contributed by atoms with Gasteiger partial charge in [0.15, 0.2) is 0 Å². The molecule has 1 aromatic carbocycles. The van der Waals surface area contributed by atoms with E-state index in [4.69, 9.17) is 0 Å². The Morgan fingerprint density at radius 3 is 2.42 bits per heavy atom. The fourth-order valence-corrected chi connectivity index (χ4v) is 2.88. The van der Waals surface area contributed by atoms with Crippen LogP contribution < -0.4 is 10.2 Å². The molecule has 0 aliphatic carbocycles. The van der Waals surface area contributed by atoms with Crippen molar-refractivity contribution in [2.24, 2.45) is 0 Å². The lowest BCUT2D eigenvalue weighted by molar-refractivity contribution is -0.111. The third-order valence-electron chi connectivity index (χ3n) is 4.20. The van der Waals surface area contributed by atoms with Gasteiger partial charge in [-0.15, -0.1) is 0 Å². The molecular weight excluding hydrogens is 298 g/mol. The summed E-state index contributed by atoms with van der Waals surface area (Å²) in [5.41, 5.74) is 2.13. The Labute approximate surface area is 143 Å². The van der Waals surface area contributed by atoms with Gasteiger partial charge in [0.05, 0.1) is 11.9 Å². The van der Waals surface area contributed by atoms with Crippen molar-refractivity contribution in [3.05, 3.63) is 60.3 Å². The maximum atomic E-state index is 12.0. The summed E-state index contributed by atoms with van der Waals surface area (Å²) in [5, 5.41) is 2.80. The van der Waals surface area contributed by atoms with Gasteiger partial charge >= 0.3 is 0 Å². The highest BCUT2D eigenvalue weighted by molar-refractivity contribution is 6.01. The molecule has 0 unspecified atom stereocenters. The number of rotatable bonds is 4. The first-order valence-corrected chi connectivity index (χ1v) is 8.56. The smallest absolute Gasteiger partial charge is 0.249 e. The molecule has 3 rings (SSSR count). The second-order valence-corrected chi connectivity index (χ2v) is 6.04. The first kappa shape index (κ1) is 16.2. The Kier molecular flexibility index (Phi) is 5.61. The number of hydrogen-bond acceptors (Lipinski definition) is 3. The minimum Gasteiger partial charge on any atom is -0.370 e. The van der Waals surface area contributed by atoms with Gasteiger partial charge in [-0.3, -0.25) is 4.79 Å². The highest BCUT2D eigenvalue weighted by Gasteiger charge is 2.10. The Hall–Kier alpha value is -2.62. The predicted octanol–water partition coefficient (Wildman–Crippen LogP) is 4.11. The van der Waals surface area contributed by atoms with Crippen molar-refractivity contribution in [2.45, 2.75) is 25.7 Å². The van der Waals surface area contributed by atoms with Gasteiger partial charge in [-0.1, -0.05) is 43.2 Å². The minimum atomic E-state index is -0.172. The number of carbonyl (C=O) groups is 1. The second-order valence-electron chi connectivity index (χ2n) is 6.04. The van der Waals surface area contributed by atoms with E-state index in [0.29, 0.717) is 5.82 Å². The number of pyridine rings is 1. The number of nitrogens with one attached hydrogen (secondary N) is 1. The molecule has 1 aliphatic heterocycles. The number of hydrogen-bond donors (Lipinski definition) is 1. The van der Waals surface area contributed by atoms with Crippen molar-refractivity contribution in [3.8, 4) is 0 Å². The molecule has 4 heteroatoms. The molecule has 1 amide bonds. The molecule has 1 fully saturated rings. The first-order chi connectivity index (χ1) is 11.8. The average Bonchev–Trinajstić information content (AvgIpc) is 2.91. The van der Waals surface area contributed by atoms with Gasteiger partial charge in [0.2, 0.25) is 5.91 Å². The van der Waals surface area contributed by atoms with Crippen molar-refractivity contribution >= 4 is 23.5 Å². The molecule has 0 radical (unpaired) electrons. The van der Waals surface area contributed by atoms with Crippen LogP contribution in [-0.4, -0.2) is 24.0 Å². The number of carbonyl (C=O) groups excluding carboxylic acids is 1. The van der Waals surface area contributed by atoms with E-state index in [1.165, 1.54) is 31.8 Å². The minimum absolute atomic E-state index is 0.172. The molecule has 0 saturated carbocycles. The van der Waals surface area contributed by atoms with Gasteiger partial charge in [0, 0.05) is 19.2 Å². The van der Waals surface area contributed by atoms with Crippen molar-refractivity contribution in [1.82, 2.24) is 4.98 Å². The highest BCUT2D eigenvalue weighted by Crippen LogP contribution is 2.19. The average molecular weight is 321 g/mol. The molecule has 124 valence electrons. The Bertz CT molecular complexity index is 672. The first-order valence-electron chi connectivity index (χ1n) is 8.56. The molecule has 1 aliphatic rings. The van der Waals surface area contributed by atoms with Crippen molar-refractivity contribution < 1.29 is 4.79 Å². The van der Waals surface area contributed by atoms with Gasteiger partial charge in [0.1, 0.15) is 5.82 Å². The van der Waals surface area contributed by atoms with Gasteiger partial charge in [-0.2, -0.15) is 0 Å². The number of nitrogens with zero attached hydrogens (tertiary/aromatic N) is 2. The third-order valence-corrected chi connectivity index (χ3v) is 4.20. The van der Waals surface area contributed by atoms with Crippen LogP contribution in [0.2, 0.25) is 0 Å². The standard InChI is InChI=1S/C20H23N3O/c24-20(13-10-17-8-4-3-5-9-17)22-19-12-11-18(16-21-19)23-14-6-1-2-7-15-23/h3-5,8-13,16H,1-2,6-7,14-15H2,(H,21,22,24)/b13-10+. The molecule has 1 N–H and O–H groups in total. The normalized spacial score (nSPS) is 15.2. The van der Waals surface area contributed by atoms with Crippen LogP contribution in [-0.2, 0) is 4.79 Å². The van der Waals surface area contributed by atoms with E-state index >= 15 is 0 Å². The number of benzene rings is 1. The summed E-state index contributed by atoms with van der Waals surface area (Å²) < 4.78 is 0. The maximum absolute atomic E-state index is 12.0. The van der Waals surface area contributed by atoms with Crippen LogP contribution in [0, 0.1) is 0 Å². The molecule has 24 heavy (non-hydrogen) atoms. The summed E-state index contributed by atoms with van der Waals surface area (Å²) in [6.45, 7) is 2.18. The third kappa shape index (κ3) is 4.69. The number of aromatic nitrogens is 1. The lowest BCUT2D eigenvalue weighted by Crippen LogP contribution is -2.24. The molecule has 0 spiro atoms. The van der Waals surface area contributed by atoms with E-state index in [9.17, 15) is 4.79 Å². The largest absolute Gasteiger partial charge is 0.370 e. The van der Waals surface area contributed by atoms with Crippen LogP contribution in [0.25, 0.3) is 6.08 Å². The monoisotopic (exact) mass is 321 g/mol. The van der Waals surface area contributed by atoms with E-state index in [2.05, 4.69) is 15.2 Å². The fraction of sp³-hybridized carbons (Fsp3) is 0.300. The van der Waals surface area contributed by atoms with Crippen molar-refractivity contribution in [3.63, 3.8) is 0 Å². The fourth-order valence-electron chi connectivity index (χ4n) is 2.88. The molecule has 0 bridgehead atoms. The van der Waals surface area contributed by atoms with Crippen LogP contribution in [0.5, 0.6) is 0 Å². The van der Waals surface area contributed by atoms with Crippen LogP contribution >= 0.6 is 0 Å². The van der Waals surface area contributed by atoms with E-state index in [-0.39, 0.29) is 5.91 Å². The molecule has 2 heterocycles. The van der Waals surface area contributed by atoms with Gasteiger partial charge in [-0.05, 0) is 36.6 Å². The SMILES string of the molecule is O=C(/C=C/c1ccccc1)Nc1ccc(N2CCCCCC2)cn1. The number of amides is 1. The Morgan fingerprint density at radius 1 is 1.00 bits per heavy atom. The van der Waals surface area contributed by atoms with Gasteiger partial charge < -0.3 is 10.2 Å². The number of anilines is 2. The molecule has 1 aromatic heterocycles. The lowest BCUT2D eigenvalue weighted by Gasteiger charge is -2.22. The zero-order valence-electron chi connectivity index (χ0n) is 13.8. The highest BCUT2D eigenvalue weighted by atomic mass is 16.1. The maximum Gasteiger partial charge on any atom is 0.249 e. The van der Waals surface area contributed by atoms with E-state index in [0.717, 1.165) is 24.3 Å². The summed E-state index contributed by atoms with van der Waals surface area (Å²) in [4.78, 5) is 18.7. The van der Waals surface area contributed by atoms with Gasteiger partial charge in [0.25, 0.3) is 0 Å². The summed E-state index contributed by atoms with van der Waals surface area (Å²) in [7, 11) is 0. The van der Waals surface area contributed by atoms with Crippen LogP contribution in [0.15, 0.2) is 54.7 Å². The zero-order chi connectivity index (χ0) is 16.6. The summed E-state index contributed by atoms with van der Waals surface area (Å²) in [5.74, 6) is 0.408. The van der Waals surface area contributed by atoms with Crippen LogP contribution in [0.3, 0.4) is 0 Å². The molecule has 2 aromatic rings. The Balaban J connectivity index is 1.57. The van der Waals surface area contributed by atoms with E-state index < -0.39 is 0 Å². The Morgan fingerprint density at radius 2 is 1.75 bits per heavy atom. The molecular formula is C20H23N3O. The van der Waals surface area contributed by atoms with Gasteiger partial charge in [-0.25, -0.2) is 4.98 Å². The molecule has 1 saturated heterocycles. The van der Waals surface area contributed by atoms with Crippen LogP contribution in [0.4, 0.5) is 11.5 Å². The van der Waals surface area contributed by atoms with Crippen molar-refractivity contribution in [1.29, 1.82) is 0 Å². The quantitative estimate of drug-likeness (QED) is 0.862. The van der Waals surface area contributed by atoms with E-state index in [1.54, 1.807) is 6.08 Å². The summed E-state index contributed by atoms with van der Waals surface area (Å²) in [6, 6.07) is 13.7. The van der Waals surface area contributed by atoms with Crippen LogP contribution in [0.1, 0.15) is 31.2 Å². The zero-order valence-corrected chi connectivity index (χ0v) is 13.8.